The first kappa shape index (κ1) is 37.6. The van der Waals surface area contributed by atoms with E-state index in [-0.39, 0.29) is 36.9 Å². The molecule has 258 valence electrons. The molecule has 1 aliphatic rings. The Labute approximate surface area is 277 Å². The van der Waals surface area contributed by atoms with Crippen LogP contribution in [-0.4, -0.2) is 80.0 Å². The lowest BCUT2D eigenvalue weighted by Crippen LogP contribution is -2.59. The molecule has 4 amide bonds. The van der Waals surface area contributed by atoms with Crippen molar-refractivity contribution in [1.29, 1.82) is 0 Å². The van der Waals surface area contributed by atoms with Crippen LogP contribution >= 0.6 is 0 Å². The minimum Gasteiger partial charge on any atom is -0.361 e. The quantitative estimate of drug-likeness (QED) is 0.215. The molecule has 6 atom stereocenters. The molecular weight excluding hydrogens is 604 g/mol. The van der Waals surface area contributed by atoms with E-state index < -0.39 is 54.1 Å². The van der Waals surface area contributed by atoms with Gasteiger partial charge >= 0.3 is 0 Å². The van der Waals surface area contributed by atoms with Crippen LogP contribution in [0.3, 0.4) is 0 Å². The standard InChI is InChI=1S/C35H50N4O8/c1-21(2)25(31(40)36-7)38-33(42)29(44-19-23-15-11-9-12-16-23)27-28(47-35(5,6)46-27)30(45-20-24-17-13-10-14-18-24)34(43)39-26(22(3)4)32(41)37-8/h9-18,21-22,25-30H,19-20H2,1-8H3,(H,36,40)(H,37,41)(H,38,42)(H,39,43)/t25-,26-,27+,28+,29+,30+/m0/s1. The second-order valence-corrected chi connectivity index (χ2v) is 12.7. The number of nitrogens with one attached hydrogen (secondary N) is 4. The van der Waals surface area contributed by atoms with E-state index in [2.05, 4.69) is 21.3 Å². The summed E-state index contributed by atoms with van der Waals surface area (Å²) in [7, 11) is 2.99. The number of carbonyl (C=O) groups is 4. The van der Waals surface area contributed by atoms with E-state index in [1.54, 1.807) is 13.8 Å². The summed E-state index contributed by atoms with van der Waals surface area (Å²) in [6.07, 6.45) is -4.97. The molecule has 2 aromatic rings. The Morgan fingerprint density at radius 3 is 1.28 bits per heavy atom. The lowest BCUT2D eigenvalue weighted by atomic mass is 9.98. The third-order valence-corrected chi connectivity index (χ3v) is 7.81. The summed E-state index contributed by atoms with van der Waals surface area (Å²) < 4.78 is 25.2. The minimum absolute atomic E-state index is 0.0338. The van der Waals surface area contributed by atoms with Crippen molar-refractivity contribution in [1.82, 2.24) is 21.3 Å². The summed E-state index contributed by atoms with van der Waals surface area (Å²) in [6, 6.07) is 16.8. The Hall–Kier alpha value is -3.84. The number of hydrogen-bond acceptors (Lipinski definition) is 8. The zero-order chi connectivity index (χ0) is 34.7. The lowest BCUT2D eigenvalue weighted by molar-refractivity contribution is -0.172. The molecule has 0 aliphatic carbocycles. The number of likely N-dealkylation sites (N-methyl/N-ethyl adjacent to an activating group) is 2. The number of hydrogen-bond donors (Lipinski definition) is 4. The molecule has 0 radical (unpaired) electrons. The first-order valence-corrected chi connectivity index (χ1v) is 16.0. The summed E-state index contributed by atoms with van der Waals surface area (Å²) in [4.78, 5) is 53.5. The van der Waals surface area contributed by atoms with Crippen molar-refractivity contribution in [3.8, 4) is 0 Å². The van der Waals surface area contributed by atoms with Gasteiger partial charge in [-0.25, -0.2) is 0 Å². The van der Waals surface area contributed by atoms with Gasteiger partial charge in [0.2, 0.25) is 11.8 Å². The molecule has 1 saturated heterocycles. The molecule has 3 rings (SSSR count). The number of amides is 4. The van der Waals surface area contributed by atoms with Crippen LogP contribution in [0.4, 0.5) is 0 Å². The number of ether oxygens (including phenoxy) is 4. The molecule has 12 heteroatoms. The van der Waals surface area contributed by atoms with E-state index in [1.165, 1.54) is 14.1 Å². The fraction of sp³-hybridized carbons (Fsp3) is 0.543. The molecular formula is C35H50N4O8. The molecule has 1 heterocycles. The Morgan fingerprint density at radius 1 is 0.638 bits per heavy atom. The molecule has 4 N–H and O–H groups in total. The molecule has 1 aliphatic heterocycles. The predicted octanol–water partition coefficient (Wildman–Crippen LogP) is 2.45. The monoisotopic (exact) mass is 654 g/mol. The van der Waals surface area contributed by atoms with Crippen LogP contribution in [-0.2, 0) is 51.3 Å². The van der Waals surface area contributed by atoms with Gasteiger partial charge in [0.15, 0.2) is 18.0 Å². The summed E-state index contributed by atoms with van der Waals surface area (Å²) in [5.41, 5.74) is 1.60. The third-order valence-electron chi connectivity index (χ3n) is 7.81. The summed E-state index contributed by atoms with van der Waals surface area (Å²) in [5, 5.41) is 10.8. The minimum atomic E-state index is -1.33. The van der Waals surface area contributed by atoms with Crippen molar-refractivity contribution in [3.63, 3.8) is 0 Å². The topological polar surface area (TPSA) is 153 Å². The largest absolute Gasteiger partial charge is 0.361 e. The summed E-state index contributed by atoms with van der Waals surface area (Å²) in [6.45, 7) is 10.7. The number of benzene rings is 2. The van der Waals surface area contributed by atoms with E-state index in [4.69, 9.17) is 18.9 Å². The fourth-order valence-corrected chi connectivity index (χ4v) is 5.30. The molecule has 0 saturated carbocycles. The van der Waals surface area contributed by atoms with Crippen LogP contribution in [0.1, 0.15) is 52.7 Å². The van der Waals surface area contributed by atoms with Crippen molar-refractivity contribution < 1.29 is 38.1 Å². The molecule has 47 heavy (non-hydrogen) atoms. The Kier molecular flexibility index (Phi) is 13.9. The van der Waals surface area contributed by atoms with Gasteiger partial charge in [0.25, 0.3) is 11.8 Å². The van der Waals surface area contributed by atoms with Crippen LogP contribution in [0.5, 0.6) is 0 Å². The highest BCUT2D eigenvalue weighted by Gasteiger charge is 2.54. The van der Waals surface area contributed by atoms with Crippen LogP contribution in [0.15, 0.2) is 60.7 Å². The van der Waals surface area contributed by atoms with Gasteiger partial charge in [0.05, 0.1) is 13.2 Å². The normalized spacial score (nSPS) is 19.8. The Balaban J connectivity index is 2.04. The SMILES string of the molecule is CNC(=O)[C@@H](NC(=O)[C@H](OCc1ccccc1)[C@@H]1OC(C)(C)O[C@H]1[C@@H](OCc1ccccc1)C(=O)N[C@H](C(=O)NC)C(C)C)C(C)C. The van der Waals surface area contributed by atoms with Gasteiger partial charge in [-0.2, -0.15) is 0 Å². The Morgan fingerprint density at radius 2 is 0.979 bits per heavy atom. The van der Waals surface area contributed by atoms with Crippen LogP contribution in [0.2, 0.25) is 0 Å². The highest BCUT2D eigenvalue weighted by atomic mass is 16.8. The van der Waals surface area contributed by atoms with Gasteiger partial charge in [0, 0.05) is 14.1 Å². The molecule has 2 aromatic carbocycles. The summed E-state index contributed by atoms with van der Waals surface area (Å²) >= 11 is 0. The number of rotatable bonds is 16. The first-order valence-electron chi connectivity index (χ1n) is 16.0. The summed E-state index contributed by atoms with van der Waals surface area (Å²) in [5.74, 6) is -3.71. The molecule has 0 aromatic heterocycles. The maximum atomic E-state index is 14.1. The van der Waals surface area contributed by atoms with E-state index in [9.17, 15) is 19.2 Å². The van der Waals surface area contributed by atoms with Crippen molar-refractivity contribution in [2.45, 2.75) is 97.0 Å². The molecule has 0 bridgehead atoms. The smallest absolute Gasteiger partial charge is 0.252 e. The fourth-order valence-electron chi connectivity index (χ4n) is 5.30. The van der Waals surface area contributed by atoms with Crippen molar-refractivity contribution in [3.05, 3.63) is 71.8 Å². The van der Waals surface area contributed by atoms with Crippen LogP contribution < -0.4 is 21.3 Å². The first-order chi connectivity index (χ1) is 22.3. The highest BCUT2D eigenvalue weighted by Crippen LogP contribution is 2.35. The van der Waals surface area contributed by atoms with E-state index >= 15 is 0 Å². The van der Waals surface area contributed by atoms with Gasteiger partial charge in [-0.3, -0.25) is 19.2 Å². The van der Waals surface area contributed by atoms with Gasteiger partial charge < -0.3 is 40.2 Å². The Bertz CT molecular complexity index is 1220. The maximum absolute atomic E-state index is 14.1. The van der Waals surface area contributed by atoms with Crippen LogP contribution in [0, 0.1) is 11.8 Å². The number of carbonyl (C=O) groups excluding carboxylic acids is 4. The molecule has 0 spiro atoms. The zero-order valence-corrected chi connectivity index (χ0v) is 28.6. The van der Waals surface area contributed by atoms with Crippen molar-refractivity contribution >= 4 is 23.6 Å². The predicted molar refractivity (Wildman–Crippen MR) is 176 cm³/mol. The maximum Gasteiger partial charge on any atom is 0.252 e. The zero-order valence-electron chi connectivity index (χ0n) is 28.6. The van der Waals surface area contributed by atoms with Gasteiger partial charge in [-0.05, 0) is 36.8 Å². The van der Waals surface area contributed by atoms with E-state index in [1.807, 2.05) is 88.4 Å². The molecule has 0 unspecified atom stereocenters. The average molecular weight is 655 g/mol. The van der Waals surface area contributed by atoms with Gasteiger partial charge in [-0.1, -0.05) is 88.4 Å². The van der Waals surface area contributed by atoms with Gasteiger partial charge in [0.1, 0.15) is 24.3 Å². The van der Waals surface area contributed by atoms with Crippen molar-refractivity contribution in [2.24, 2.45) is 11.8 Å². The van der Waals surface area contributed by atoms with E-state index in [0.29, 0.717) is 0 Å². The van der Waals surface area contributed by atoms with Crippen molar-refractivity contribution in [2.75, 3.05) is 14.1 Å². The van der Waals surface area contributed by atoms with Gasteiger partial charge in [-0.15, -0.1) is 0 Å². The lowest BCUT2D eigenvalue weighted by Gasteiger charge is -2.32. The molecule has 1 fully saturated rings. The molecule has 12 nitrogen and oxygen atoms in total. The highest BCUT2D eigenvalue weighted by molar-refractivity contribution is 5.91. The third kappa shape index (κ3) is 10.6. The van der Waals surface area contributed by atoms with E-state index in [0.717, 1.165) is 11.1 Å². The average Bonchev–Trinajstić information content (AvgIpc) is 3.36. The second kappa shape index (κ2) is 17.4. The van der Waals surface area contributed by atoms with Crippen LogP contribution in [0.25, 0.3) is 0 Å². The second-order valence-electron chi connectivity index (χ2n) is 12.7.